The SMILES string of the molecule is COc1ccc(OCCNC(=O)c2cc(NS(=O)(=O)c3ccccc3)ccc2Cl)cc1. The van der Waals surface area contributed by atoms with E-state index >= 15 is 0 Å². The van der Waals surface area contributed by atoms with E-state index in [0.29, 0.717) is 5.75 Å². The number of sulfonamides is 1. The molecule has 2 N–H and O–H groups in total. The van der Waals surface area contributed by atoms with Crippen molar-refractivity contribution in [2.75, 3.05) is 25.0 Å². The van der Waals surface area contributed by atoms with Crippen molar-refractivity contribution >= 4 is 33.2 Å². The third kappa shape index (κ3) is 6.13. The largest absolute Gasteiger partial charge is 0.497 e. The van der Waals surface area contributed by atoms with Crippen LogP contribution in [0.2, 0.25) is 5.02 Å². The van der Waals surface area contributed by atoms with Gasteiger partial charge in [0.1, 0.15) is 18.1 Å². The summed E-state index contributed by atoms with van der Waals surface area (Å²) in [5.41, 5.74) is 0.382. The maximum absolute atomic E-state index is 12.5. The van der Waals surface area contributed by atoms with Gasteiger partial charge in [-0.1, -0.05) is 29.8 Å². The number of benzene rings is 3. The molecule has 0 aliphatic heterocycles. The van der Waals surface area contributed by atoms with Crippen LogP contribution in [0.4, 0.5) is 5.69 Å². The summed E-state index contributed by atoms with van der Waals surface area (Å²) < 4.78 is 38.1. The second-order valence-corrected chi connectivity index (χ2v) is 8.48. The highest BCUT2D eigenvalue weighted by Crippen LogP contribution is 2.23. The molecule has 0 aliphatic carbocycles. The molecule has 0 aliphatic rings. The van der Waals surface area contributed by atoms with E-state index in [2.05, 4.69) is 10.0 Å². The molecular weight excluding hydrogens is 440 g/mol. The number of hydrogen-bond donors (Lipinski definition) is 2. The van der Waals surface area contributed by atoms with Crippen molar-refractivity contribution in [1.82, 2.24) is 5.32 Å². The van der Waals surface area contributed by atoms with Crippen molar-refractivity contribution in [3.8, 4) is 11.5 Å². The molecule has 0 spiro atoms. The van der Waals surface area contributed by atoms with Crippen molar-refractivity contribution in [2.24, 2.45) is 0 Å². The molecule has 9 heteroatoms. The highest BCUT2D eigenvalue weighted by Gasteiger charge is 2.16. The number of methoxy groups -OCH3 is 1. The average Bonchev–Trinajstić information content (AvgIpc) is 2.78. The van der Waals surface area contributed by atoms with E-state index in [1.807, 2.05) is 0 Å². The highest BCUT2D eigenvalue weighted by atomic mass is 35.5. The lowest BCUT2D eigenvalue weighted by Gasteiger charge is -2.12. The van der Waals surface area contributed by atoms with Crippen molar-refractivity contribution in [2.45, 2.75) is 4.90 Å². The quantitative estimate of drug-likeness (QED) is 0.471. The smallest absolute Gasteiger partial charge is 0.261 e. The predicted octanol–water partition coefficient (Wildman–Crippen LogP) is 3.96. The number of rotatable bonds is 9. The summed E-state index contributed by atoms with van der Waals surface area (Å²) in [5, 5.41) is 2.91. The number of ether oxygens (including phenoxy) is 2. The van der Waals surface area contributed by atoms with Gasteiger partial charge in [0.25, 0.3) is 15.9 Å². The molecule has 7 nitrogen and oxygen atoms in total. The number of hydrogen-bond acceptors (Lipinski definition) is 5. The van der Waals surface area contributed by atoms with Gasteiger partial charge >= 0.3 is 0 Å². The van der Waals surface area contributed by atoms with Gasteiger partial charge in [-0.05, 0) is 54.6 Å². The van der Waals surface area contributed by atoms with E-state index in [9.17, 15) is 13.2 Å². The summed E-state index contributed by atoms with van der Waals surface area (Å²) in [5.74, 6) is 0.924. The van der Waals surface area contributed by atoms with E-state index in [1.165, 1.54) is 30.3 Å². The minimum atomic E-state index is -3.78. The molecule has 0 radical (unpaired) electrons. The Balaban J connectivity index is 1.59. The zero-order chi connectivity index (χ0) is 22.3. The second-order valence-electron chi connectivity index (χ2n) is 6.39. The fourth-order valence-corrected chi connectivity index (χ4v) is 3.95. The molecule has 0 saturated carbocycles. The lowest BCUT2D eigenvalue weighted by atomic mass is 10.2. The van der Waals surface area contributed by atoms with Crippen LogP contribution in [0.1, 0.15) is 10.4 Å². The molecule has 0 aromatic heterocycles. The molecule has 162 valence electrons. The summed E-state index contributed by atoms with van der Waals surface area (Å²) in [6.45, 7) is 0.483. The van der Waals surface area contributed by atoms with Crippen molar-refractivity contribution in [1.29, 1.82) is 0 Å². The lowest BCUT2D eigenvalue weighted by Crippen LogP contribution is -2.28. The zero-order valence-corrected chi connectivity index (χ0v) is 18.2. The van der Waals surface area contributed by atoms with Gasteiger partial charge in [-0.3, -0.25) is 9.52 Å². The van der Waals surface area contributed by atoms with Gasteiger partial charge in [-0.2, -0.15) is 0 Å². The first kappa shape index (κ1) is 22.5. The van der Waals surface area contributed by atoms with Crippen LogP contribution >= 0.6 is 11.6 Å². The lowest BCUT2D eigenvalue weighted by molar-refractivity contribution is 0.0947. The normalized spacial score (nSPS) is 10.9. The van der Waals surface area contributed by atoms with E-state index in [1.54, 1.807) is 49.6 Å². The van der Waals surface area contributed by atoms with Crippen LogP contribution in [0.5, 0.6) is 11.5 Å². The summed E-state index contributed by atoms with van der Waals surface area (Å²) in [6.07, 6.45) is 0. The minimum absolute atomic E-state index is 0.117. The minimum Gasteiger partial charge on any atom is -0.497 e. The van der Waals surface area contributed by atoms with E-state index in [4.69, 9.17) is 21.1 Å². The maximum Gasteiger partial charge on any atom is 0.261 e. The van der Waals surface area contributed by atoms with Gasteiger partial charge in [0.15, 0.2) is 0 Å². The van der Waals surface area contributed by atoms with Crippen molar-refractivity contribution < 1.29 is 22.7 Å². The van der Waals surface area contributed by atoms with Gasteiger partial charge in [0.2, 0.25) is 0 Å². The molecule has 3 rings (SSSR count). The molecule has 0 saturated heterocycles. The van der Waals surface area contributed by atoms with Crippen LogP contribution in [0.25, 0.3) is 0 Å². The molecule has 3 aromatic rings. The van der Waals surface area contributed by atoms with Crippen LogP contribution < -0.4 is 19.5 Å². The summed E-state index contributed by atoms with van der Waals surface area (Å²) >= 11 is 6.14. The molecule has 31 heavy (non-hydrogen) atoms. The Morgan fingerprint density at radius 2 is 1.65 bits per heavy atom. The molecule has 0 atom stereocenters. The van der Waals surface area contributed by atoms with Gasteiger partial charge in [-0.15, -0.1) is 0 Å². The molecule has 3 aromatic carbocycles. The summed E-state index contributed by atoms with van der Waals surface area (Å²) in [4.78, 5) is 12.6. The molecule has 0 unspecified atom stereocenters. The van der Waals surface area contributed by atoms with Gasteiger partial charge in [0.05, 0.1) is 29.1 Å². The average molecular weight is 461 g/mol. The van der Waals surface area contributed by atoms with Crippen LogP contribution in [0.3, 0.4) is 0 Å². The Labute approximate surface area is 186 Å². The second kappa shape index (κ2) is 10.2. The first-order chi connectivity index (χ1) is 14.9. The Bertz CT molecular complexity index is 1140. The fraction of sp³-hybridized carbons (Fsp3) is 0.136. The van der Waals surface area contributed by atoms with Crippen LogP contribution in [-0.2, 0) is 10.0 Å². The fourth-order valence-electron chi connectivity index (χ4n) is 2.68. The first-order valence-corrected chi connectivity index (χ1v) is 11.2. The third-order valence-corrected chi connectivity index (χ3v) is 5.96. The van der Waals surface area contributed by atoms with Crippen molar-refractivity contribution in [3.05, 3.63) is 83.4 Å². The van der Waals surface area contributed by atoms with Crippen LogP contribution in [0.15, 0.2) is 77.7 Å². The highest BCUT2D eigenvalue weighted by molar-refractivity contribution is 7.92. The summed E-state index contributed by atoms with van der Waals surface area (Å²) in [6, 6.07) is 19.4. The van der Waals surface area contributed by atoms with Crippen LogP contribution in [0, 0.1) is 0 Å². The number of carbonyl (C=O) groups excluding carboxylic acids is 1. The Hall–Kier alpha value is -3.23. The van der Waals surface area contributed by atoms with Gasteiger partial charge < -0.3 is 14.8 Å². The standard InChI is InChI=1S/C22H21ClN2O5S/c1-29-17-8-10-18(11-9-17)30-14-13-24-22(26)20-15-16(7-12-21(20)23)25-31(27,28)19-5-3-2-4-6-19/h2-12,15,25H,13-14H2,1H3,(H,24,26). The topological polar surface area (TPSA) is 93.7 Å². The van der Waals surface area contributed by atoms with Gasteiger partial charge in [-0.25, -0.2) is 8.42 Å². The Morgan fingerprint density at radius 1 is 0.968 bits per heavy atom. The molecular formula is C22H21ClN2O5S. The number of carbonyl (C=O) groups is 1. The number of anilines is 1. The van der Waals surface area contributed by atoms with E-state index in [-0.39, 0.29) is 34.3 Å². The summed E-state index contributed by atoms with van der Waals surface area (Å²) in [7, 11) is -2.20. The number of halogens is 1. The molecule has 0 fully saturated rings. The van der Waals surface area contributed by atoms with Gasteiger partial charge in [0, 0.05) is 5.69 Å². The van der Waals surface area contributed by atoms with E-state index < -0.39 is 15.9 Å². The Kier molecular flexibility index (Phi) is 7.38. The molecule has 0 bridgehead atoms. The molecule has 1 amide bonds. The number of nitrogens with one attached hydrogen (secondary N) is 2. The van der Waals surface area contributed by atoms with Crippen LogP contribution in [-0.4, -0.2) is 34.6 Å². The zero-order valence-electron chi connectivity index (χ0n) is 16.7. The van der Waals surface area contributed by atoms with Crippen molar-refractivity contribution in [3.63, 3.8) is 0 Å². The van der Waals surface area contributed by atoms with E-state index in [0.717, 1.165) is 5.75 Å². The first-order valence-electron chi connectivity index (χ1n) is 9.31. The monoisotopic (exact) mass is 460 g/mol. The predicted molar refractivity (Wildman–Crippen MR) is 120 cm³/mol. The molecule has 0 heterocycles. The third-order valence-electron chi connectivity index (χ3n) is 4.23. The Morgan fingerprint density at radius 3 is 2.32 bits per heavy atom. The maximum atomic E-state index is 12.5. The number of amides is 1.